The summed E-state index contributed by atoms with van der Waals surface area (Å²) in [6.07, 6.45) is 0. The van der Waals surface area contributed by atoms with E-state index in [9.17, 15) is 9.18 Å². The zero-order chi connectivity index (χ0) is 12.8. The molecule has 0 aliphatic heterocycles. The first-order chi connectivity index (χ1) is 8.10. The highest BCUT2D eigenvalue weighted by Crippen LogP contribution is 2.21. The van der Waals surface area contributed by atoms with Crippen molar-refractivity contribution in [2.45, 2.75) is 19.9 Å². The monoisotopic (exact) mass is 259 g/mol. The number of hydrogen-bond acceptors (Lipinski definition) is 3. The summed E-state index contributed by atoms with van der Waals surface area (Å²) in [6, 6.07) is 3.58. The largest absolute Gasteiger partial charge is 0.465 e. The molecule has 0 aliphatic rings. The molecule has 0 spiro atoms. The van der Waals surface area contributed by atoms with Gasteiger partial charge in [-0.25, -0.2) is 9.18 Å². The standard InChI is InChI=1S/C12H15ClFNO2/c1-3-15-11(12(16)17-4-2)8-5-6-10(14)9(13)7-8/h5-7,11,15H,3-4H2,1-2H3. The van der Waals surface area contributed by atoms with Gasteiger partial charge >= 0.3 is 5.97 Å². The Labute approximate surface area is 105 Å². The summed E-state index contributed by atoms with van der Waals surface area (Å²) in [7, 11) is 0. The topological polar surface area (TPSA) is 38.3 Å². The van der Waals surface area contributed by atoms with Crippen LogP contribution in [0.3, 0.4) is 0 Å². The van der Waals surface area contributed by atoms with Crippen molar-refractivity contribution in [1.29, 1.82) is 0 Å². The third kappa shape index (κ3) is 3.68. The zero-order valence-corrected chi connectivity index (χ0v) is 10.6. The number of carbonyl (C=O) groups excluding carboxylic acids is 1. The maximum atomic E-state index is 13.0. The molecule has 0 aliphatic carbocycles. The van der Waals surface area contributed by atoms with E-state index in [1.54, 1.807) is 6.92 Å². The van der Waals surface area contributed by atoms with Crippen LogP contribution in [0.25, 0.3) is 0 Å². The Kier molecular flexibility index (Phi) is 5.38. The Hall–Kier alpha value is -1.13. The maximum Gasteiger partial charge on any atom is 0.327 e. The Morgan fingerprint density at radius 1 is 1.53 bits per heavy atom. The van der Waals surface area contributed by atoms with Gasteiger partial charge in [-0.1, -0.05) is 24.6 Å². The Morgan fingerprint density at radius 3 is 2.76 bits per heavy atom. The number of benzene rings is 1. The molecule has 0 bridgehead atoms. The van der Waals surface area contributed by atoms with Gasteiger partial charge in [0.05, 0.1) is 11.6 Å². The number of rotatable bonds is 5. The molecule has 94 valence electrons. The molecule has 0 fully saturated rings. The average molecular weight is 260 g/mol. The molecule has 0 saturated carbocycles. The van der Waals surface area contributed by atoms with E-state index in [0.717, 1.165) is 0 Å². The van der Waals surface area contributed by atoms with E-state index in [1.807, 2.05) is 6.92 Å². The highest BCUT2D eigenvalue weighted by atomic mass is 35.5. The molecule has 0 aromatic heterocycles. The van der Waals surface area contributed by atoms with Gasteiger partial charge in [-0.2, -0.15) is 0 Å². The van der Waals surface area contributed by atoms with Crippen LogP contribution in [0.4, 0.5) is 4.39 Å². The Balaban J connectivity index is 2.96. The predicted molar refractivity (Wildman–Crippen MR) is 64.5 cm³/mol. The summed E-state index contributed by atoms with van der Waals surface area (Å²) >= 11 is 5.68. The van der Waals surface area contributed by atoms with E-state index < -0.39 is 17.8 Å². The second-order valence-electron chi connectivity index (χ2n) is 3.42. The summed E-state index contributed by atoms with van der Waals surface area (Å²) in [4.78, 5) is 11.7. The minimum absolute atomic E-state index is 0.00491. The van der Waals surface area contributed by atoms with Gasteiger partial charge in [0, 0.05) is 0 Å². The molecule has 0 amide bonds. The summed E-state index contributed by atoms with van der Waals surface area (Å²) in [5.41, 5.74) is 0.594. The van der Waals surface area contributed by atoms with Gasteiger partial charge in [0.15, 0.2) is 0 Å². The number of ether oxygens (including phenoxy) is 1. The van der Waals surface area contributed by atoms with E-state index in [-0.39, 0.29) is 5.02 Å². The molecule has 1 aromatic carbocycles. The predicted octanol–water partition coefficient (Wildman–Crippen LogP) is 2.69. The van der Waals surface area contributed by atoms with E-state index in [0.29, 0.717) is 18.7 Å². The van der Waals surface area contributed by atoms with Crippen LogP contribution < -0.4 is 5.32 Å². The lowest BCUT2D eigenvalue weighted by atomic mass is 10.1. The summed E-state index contributed by atoms with van der Waals surface area (Å²) in [6.45, 7) is 4.50. The van der Waals surface area contributed by atoms with E-state index in [1.165, 1.54) is 18.2 Å². The number of likely N-dealkylation sites (N-methyl/N-ethyl adjacent to an activating group) is 1. The van der Waals surface area contributed by atoms with Crippen LogP contribution in [0.1, 0.15) is 25.5 Å². The highest BCUT2D eigenvalue weighted by Gasteiger charge is 2.21. The van der Waals surface area contributed by atoms with Crippen LogP contribution in [-0.4, -0.2) is 19.1 Å². The minimum atomic E-state index is -0.613. The van der Waals surface area contributed by atoms with Crippen LogP contribution in [0.15, 0.2) is 18.2 Å². The lowest BCUT2D eigenvalue weighted by Gasteiger charge is -2.16. The molecule has 1 unspecified atom stereocenters. The second kappa shape index (κ2) is 6.57. The molecular weight excluding hydrogens is 245 g/mol. The SMILES string of the molecule is CCNC(C(=O)OCC)c1ccc(F)c(Cl)c1. The van der Waals surface area contributed by atoms with Crippen LogP contribution >= 0.6 is 11.6 Å². The first kappa shape index (κ1) is 13.9. The highest BCUT2D eigenvalue weighted by molar-refractivity contribution is 6.30. The lowest BCUT2D eigenvalue weighted by Crippen LogP contribution is -2.30. The zero-order valence-electron chi connectivity index (χ0n) is 9.80. The quantitative estimate of drug-likeness (QED) is 0.827. The molecule has 1 N–H and O–H groups in total. The average Bonchev–Trinajstić information content (AvgIpc) is 2.30. The summed E-state index contributed by atoms with van der Waals surface area (Å²) < 4.78 is 18.0. The van der Waals surface area contributed by atoms with Gasteiger partial charge in [-0.3, -0.25) is 0 Å². The fourth-order valence-electron chi connectivity index (χ4n) is 1.46. The molecule has 0 heterocycles. The molecule has 3 nitrogen and oxygen atoms in total. The number of esters is 1. The Bertz CT molecular complexity index is 398. The number of hydrogen-bond donors (Lipinski definition) is 1. The van der Waals surface area contributed by atoms with Crippen molar-refractivity contribution in [3.63, 3.8) is 0 Å². The van der Waals surface area contributed by atoms with Crippen LogP contribution in [0.2, 0.25) is 5.02 Å². The summed E-state index contributed by atoms with van der Waals surface area (Å²) in [5.74, 6) is -0.897. The van der Waals surface area contributed by atoms with E-state index >= 15 is 0 Å². The number of halogens is 2. The van der Waals surface area contributed by atoms with Crippen molar-refractivity contribution in [2.24, 2.45) is 0 Å². The van der Waals surface area contributed by atoms with Crippen molar-refractivity contribution in [3.05, 3.63) is 34.6 Å². The van der Waals surface area contributed by atoms with Gasteiger partial charge in [0.25, 0.3) is 0 Å². The third-order valence-electron chi connectivity index (χ3n) is 2.21. The van der Waals surface area contributed by atoms with Crippen LogP contribution in [-0.2, 0) is 9.53 Å². The molecule has 0 saturated heterocycles. The molecular formula is C12H15ClFNO2. The van der Waals surface area contributed by atoms with E-state index in [4.69, 9.17) is 16.3 Å². The van der Waals surface area contributed by atoms with Crippen molar-refractivity contribution in [3.8, 4) is 0 Å². The molecule has 17 heavy (non-hydrogen) atoms. The maximum absolute atomic E-state index is 13.0. The minimum Gasteiger partial charge on any atom is -0.465 e. The number of nitrogens with one attached hydrogen (secondary N) is 1. The lowest BCUT2D eigenvalue weighted by molar-refractivity contribution is -0.145. The van der Waals surface area contributed by atoms with E-state index in [2.05, 4.69) is 5.32 Å². The van der Waals surface area contributed by atoms with Crippen LogP contribution in [0, 0.1) is 5.82 Å². The normalized spacial score (nSPS) is 12.2. The Morgan fingerprint density at radius 2 is 2.24 bits per heavy atom. The number of carbonyl (C=O) groups is 1. The third-order valence-corrected chi connectivity index (χ3v) is 2.50. The molecule has 5 heteroatoms. The molecule has 0 radical (unpaired) electrons. The van der Waals surface area contributed by atoms with Gasteiger partial charge < -0.3 is 10.1 Å². The fourth-order valence-corrected chi connectivity index (χ4v) is 1.65. The molecule has 1 rings (SSSR count). The first-order valence-corrected chi connectivity index (χ1v) is 5.82. The smallest absolute Gasteiger partial charge is 0.327 e. The first-order valence-electron chi connectivity index (χ1n) is 5.45. The fraction of sp³-hybridized carbons (Fsp3) is 0.417. The van der Waals surface area contributed by atoms with Crippen molar-refractivity contribution < 1.29 is 13.9 Å². The van der Waals surface area contributed by atoms with Crippen LogP contribution in [0.5, 0.6) is 0 Å². The van der Waals surface area contributed by atoms with Crippen molar-refractivity contribution >= 4 is 17.6 Å². The van der Waals surface area contributed by atoms with Gasteiger partial charge in [-0.05, 0) is 31.2 Å². The summed E-state index contributed by atoms with van der Waals surface area (Å²) in [5, 5.41) is 2.97. The van der Waals surface area contributed by atoms with Gasteiger partial charge in [0.1, 0.15) is 11.9 Å². The second-order valence-corrected chi connectivity index (χ2v) is 3.82. The molecule has 1 aromatic rings. The van der Waals surface area contributed by atoms with Gasteiger partial charge in [-0.15, -0.1) is 0 Å². The molecule has 1 atom stereocenters. The van der Waals surface area contributed by atoms with Gasteiger partial charge in [0.2, 0.25) is 0 Å². The van der Waals surface area contributed by atoms with Crippen molar-refractivity contribution in [1.82, 2.24) is 5.32 Å². The van der Waals surface area contributed by atoms with Crippen molar-refractivity contribution in [2.75, 3.05) is 13.2 Å².